The average molecular weight is 344 g/mol. The Balaban J connectivity index is 1.79. The van der Waals surface area contributed by atoms with Crippen molar-refractivity contribution in [3.05, 3.63) is 72.4 Å². The Hall–Kier alpha value is -2.65. The van der Waals surface area contributed by atoms with E-state index in [1.54, 1.807) is 0 Å². The molecule has 0 aliphatic carbocycles. The molecule has 0 spiro atoms. The van der Waals surface area contributed by atoms with Gasteiger partial charge in [-0.2, -0.15) is 0 Å². The Labute approximate surface area is 155 Å². The first kappa shape index (κ1) is 16.8. The number of piperidine rings is 1. The molecular weight excluding hydrogens is 320 g/mol. The van der Waals surface area contributed by atoms with E-state index in [-0.39, 0.29) is 6.10 Å². The summed E-state index contributed by atoms with van der Waals surface area (Å²) in [6.07, 6.45) is 4.20. The third kappa shape index (κ3) is 3.49. The summed E-state index contributed by atoms with van der Waals surface area (Å²) in [5.41, 5.74) is 5.72. The van der Waals surface area contributed by atoms with E-state index in [9.17, 15) is 0 Å². The van der Waals surface area contributed by atoms with Crippen LogP contribution in [0.4, 0.5) is 0 Å². The van der Waals surface area contributed by atoms with Crippen LogP contribution in [0.1, 0.15) is 18.4 Å². The van der Waals surface area contributed by atoms with Crippen LogP contribution in [0.25, 0.3) is 22.4 Å². The summed E-state index contributed by atoms with van der Waals surface area (Å²) in [5.74, 6) is 0.938. The first-order valence-electron chi connectivity index (χ1n) is 9.31. The van der Waals surface area contributed by atoms with E-state index in [4.69, 9.17) is 4.74 Å². The smallest absolute Gasteiger partial charge is 0.129 e. The van der Waals surface area contributed by atoms with Crippen LogP contribution in [0.5, 0.6) is 5.75 Å². The zero-order chi connectivity index (χ0) is 17.8. The number of nitrogens with zero attached hydrogens (tertiary/aromatic N) is 1. The molecule has 1 fully saturated rings. The van der Waals surface area contributed by atoms with Gasteiger partial charge in [0.1, 0.15) is 11.9 Å². The molecule has 132 valence electrons. The standard InChI is InChI=1S/C23H24N2O/c1-17-20(18-7-3-2-4-8-18)10-11-22(26-19-12-15-24-16-13-19)23(17)21-9-5-6-14-25-21/h2-11,14,19,24H,12-13,15-16H2,1H3. The number of hydrogen-bond donors (Lipinski definition) is 1. The molecular formula is C23H24N2O. The molecule has 1 aliphatic heterocycles. The maximum Gasteiger partial charge on any atom is 0.129 e. The van der Waals surface area contributed by atoms with Crippen molar-refractivity contribution in [2.24, 2.45) is 0 Å². The Morgan fingerprint density at radius 2 is 1.69 bits per heavy atom. The van der Waals surface area contributed by atoms with Crippen molar-refractivity contribution in [2.45, 2.75) is 25.9 Å². The van der Waals surface area contributed by atoms with Gasteiger partial charge in [-0.1, -0.05) is 42.5 Å². The molecule has 0 atom stereocenters. The van der Waals surface area contributed by atoms with E-state index >= 15 is 0 Å². The lowest BCUT2D eigenvalue weighted by molar-refractivity contribution is 0.163. The molecule has 0 unspecified atom stereocenters. The van der Waals surface area contributed by atoms with Crippen LogP contribution < -0.4 is 10.1 Å². The van der Waals surface area contributed by atoms with Crippen LogP contribution >= 0.6 is 0 Å². The Bertz CT molecular complexity index is 856. The summed E-state index contributed by atoms with van der Waals surface area (Å²) in [7, 11) is 0. The molecule has 1 aliphatic rings. The largest absolute Gasteiger partial charge is 0.490 e. The second kappa shape index (κ2) is 7.71. The van der Waals surface area contributed by atoms with Crippen LogP contribution in [0, 0.1) is 6.92 Å². The van der Waals surface area contributed by atoms with Gasteiger partial charge in [-0.25, -0.2) is 0 Å². The molecule has 0 saturated carbocycles. The highest BCUT2D eigenvalue weighted by Gasteiger charge is 2.20. The van der Waals surface area contributed by atoms with Gasteiger partial charge in [0.25, 0.3) is 0 Å². The van der Waals surface area contributed by atoms with E-state index in [1.165, 1.54) is 16.7 Å². The summed E-state index contributed by atoms with van der Waals surface area (Å²) >= 11 is 0. The van der Waals surface area contributed by atoms with Crippen molar-refractivity contribution in [1.82, 2.24) is 10.3 Å². The first-order chi connectivity index (χ1) is 12.8. The molecule has 3 nitrogen and oxygen atoms in total. The lowest BCUT2D eigenvalue weighted by atomic mass is 9.93. The van der Waals surface area contributed by atoms with Gasteiger partial charge < -0.3 is 10.1 Å². The molecule has 3 heteroatoms. The Kier molecular flexibility index (Phi) is 4.98. The quantitative estimate of drug-likeness (QED) is 0.734. The number of nitrogens with one attached hydrogen (secondary N) is 1. The molecule has 1 saturated heterocycles. The van der Waals surface area contributed by atoms with Crippen molar-refractivity contribution in [3.8, 4) is 28.1 Å². The molecule has 26 heavy (non-hydrogen) atoms. The van der Waals surface area contributed by atoms with Crippen LogP contribution in [-0.2, 0) is 0 Å². The topological polar surface area (TPSA) is 34.1 Å². The molecule has 4 rings (SSSR count). The first-order valence-corrected chi connectivity index (χ1v) is 9.31. The number of pyridine rings is 1. The molecule has 0 radical (unpaired) electrons. The third-order valence-electron chi connectivity index (χ3n) is 5.01. The normalized spacial score (nSPS) is 15.0. The van der Waals surface area contributed by atoms with E-state index in [1.807, 2.05) is 24.4 Å². The zero-order valence-corrected chi connectivity index (χ0v) is 15.1. The Morgan fingerprint density at radius 3 is 2.42 bits per heavy atom. The SMILES string of the molecule is Cc1c(-c2ccccc2)ccc(OC2CCNCC2)c1-c1ccccn1. The lowest BCUT2D eigenvalue weighted by Crippen LogP contribution is -2.34. The number of hydrogen-bond acceptors (Lipinski definition) is 3. The summed E-state index contributed by atoms with van der Waals surface area (Å²) in [6, 6.07) is 20.8. The van der Waals surface area contributed by atoms with Crippen molar-refractivity contribution >= 4 is 0 Å². The summed E-state index contributed by atoms with van der Waals surface area (Å²) in [4.78, 5) is 4.61. The van der Waals surface area contributed by atoms with Crippen molar-refractivity contribution in [1.29, 1.82) is 0 Å². The predicted octanol–water partition coefficient (Wildman–Crippen LogP) is 4.85. The third-order valence-corrected chi connectivity index (χ3v) is 5.01. The minimum Gasteiger partial charge on any atom is -0.490 e. The van der Waals surface area contributed by atoms with Gasteiger partial charge in [0.15, 0.2) is 0 Å². The van der Waals surface area contributed by atoms with Crippen molar-refractivity contribution < 1.29 is 4.74 Å². The van der Waals surface area contributed by atoms with Gasteiger partial charge >= 0.3 is 0 Å². The van der Waals surface area contributed by atoms with Gasteiger partial charge in [-0.3, -0.25) is 4.98 Å². The van der Waals surface area contributed by atoms with Gasteiger partial charge in [0.05, 0.1) is 5.69 Å². The predicted molar refractivity (Wildman–Crippen MR) is 106 cm³/mol. The molecule has 0 amide bonds. The van der Waals surface area contributed by atoms with Crippen LogP contribution in [0.2, 0.25) is 0 Å². The second-order valence-corrected chi connectivity index (χ2v) is 6.76. The van der Waals surface area contributed by atoms with Crippen LogP contribution in [-0.4, -0.2) is 24.2 Å². The average Bonchev–Trinajstić information content (AvgIpc) is 2.70. The maximum atomic E-state index is 6.43. The fraction of sp³-hybridized carbons (Fsp3) is 0.261. The lowest BCUT2D eigenvalue weighted by Gasteiger charge is -2.26. The summed E-state index contributed by atoms with van der Waals surface area (Å²) in [6.45, 7) is 4.21. The monoisotopic (exact) mass is 344 g/mol. The summed E-state index contributed by atoms with van der Waals surface area (Å²) < 4.78 is 6.43. The Morgan fingerprint density at radius 1 is 0.923 bits per heavy atom. The molecule has 2 heterocycles. The maximum absolute atomic E-state index is 6.43. The van der Waals surface area contributed by atoms with Crippen molar-refractivity contribution in [3.63, 3.8) is 0 Å². The molecule has 3 aromatic rings. The van der Waals surface area contributed by atoms with Gasteiger partial charge in [-0.05, 0) is 67.7 Å². The number of ether oxygens (including phenoxy) is 1. The number of benzene rings is 2. The molecule has 1 aromatic heterocycles. The van der Waals surface area contributed by atoms with Crippen LogP contribution in [0.3, 0.4) is 0 Å². The minimum atomic E-state index is 0.265. The van der Waals surface area contributed by atoms with Crippen molar-refractivity contribution in [2.75, 3.05) is 13.1 Å². The van der Waals surface area contributed by atoms with E-state index in [0.29, 0.717) is 0 Å². The van der Waals surface area contributed by atoms with E-state index < -0.39 is 0 Å². The molecule has 0 bridgehead atoms. The highest BCUT2D eigenvalue weighted by molar-refractivity contribution is 5.81. The second-order valence-electron chi connectivity index (χ2n) is 6.76. The minimum absolute atomic E-state index is 0.265. The van der Waals surface area contributed by atoms with Crippen LogP contribution in [0.15, 0.2) is 66.9 Å². The highest BCUT2D eigenvalue weighted by atomic mass is 16.5. The summed E-state index contributed by atoms with van der Waals surface area (Å²) in [5, 5.41) is 3.40. The van der Waals surface area contributed by atoms with E-state index in [0.717, 1.165) is 42.9 Å². The highest BCUT2D eigenvalue weighted by Crippen LogP contribution is 2.38. The fourth-order valence-electron chi connectivity index (χ4n) is 3.64. The van der Waals surface area contributed by atoms with Gasteiger partial charge in [0.2, 0.25) is 0 Å². The zero-order valence-electron chi connectivity index (χ0n) is 15.1. The van der Waals surface area contributed by atoms with E-state index in [2.05, 4.69) is 59.7 Å². The fourth-order valence-corrected chi connectivity index (χ4v) is 3.64. The van der Waals surface area contributed by atoms with Gasteiger partial charge in [0, 0.05) is 11.8 Å². The number of aromatic nitrogens is 1. The van der Waals surface area contributed by atoms with Gasteiger partial charge in [-0.15, -0.1) is 0 Å². The number of rotatable bonds is 4. The molecule has 1 N–H and O–H groups in total. The molecule has 2 aromatic carbocycles.